The van der Waals surface area contributed by atoms with Crippen molar-refractivity contribution in [3.8, 4) is 33.6 Å². The van der Waals surface area contributed by atoms with Crippen molar-refractivity contribution in [1.29, 1.82) is 0 Å². The first-order valence-electron chi connectivity index (χ1n) is 17.9. The summed E-state index contributed by atoms with van der Waals surface area (Å²) < 4.78 is 4.89. The molecule has 0 saturated heterocycles. The summed E-state index contributed by atoms with van der Waals surface area (Å²) in [6, 6.07) is 62.8. The summed E-state index contributed by atoms with van der Waals surface area (Å²) >= 11 is 0. The minimum absolute atomic E-state index is 0.0983. The van der Waals surface area contributed by atoms with Crippen LogP contribution in [0, 0.1) is 0 Å². The zero-order valence-electron chi connectivity index (χ0n) is 28.6. The molecule has 240 valence electrons. The van der Waals surface area contributed by atoms with Crippen LogP contribution in [-0.4, -0.2) is 9.13 Å². The van der Waals surface area contributed by atoms with E-state index in [0.717, 1.165) is 0 Å². The summed E-state index contributed by atoms with van der Waals surface area (Å²) in [5.74, 6) is 0. The van der Waals surface area contributed by atoms with Crippen LogP contribution in [0.3, 0.4) is 0 Å². The van der Waals surface area contributed by atoms with Gasteiger partial charge in [0.15, 0.2) is 0 Å². The second-order valence-corrected chi connectivity index (χ2v) is 14.5. The molecular weight excluding hydrogens is 617 g/mol. The Bertz CT molecular complexity index is 3040. The molecule has 1 aliphatic carbocycles. The third-order valence-electron chi connectivity index (χ3n) is 11.5. The first-order chi connectivity index (χ1) is 25.1. The third-order valence-corrected chi connectivity index (χ3v) is 11.5. The van der Waals surface area contributed by atoms with Gasteiger partial charge in [0.1, 0.15) is 0 Å². The molecule has 0 atom stereocenters. The van der Waals surface area contributed by atoms with Crippen molar-refractivity contribution in [1.82, 2.24) is 9.13 Å². The lowest BCUT2D eigenvalue weighted by molar-refractivity contribution is 0.660. The molecule has 0 aliphatic heterocycles. The zero-order valence-corrected chi connectivity index (χ0v) is 28.6. The van der Waals surface area contributed by atoms with Crippen LogP contribution in [0.2, 0.25) is 0 Å². The average molecular weight is 651 g/mol. The van der Waals surface area contributed by atoms with Crippen molar-refractivity contribution < 1.29 is 0 Å². The van der Waals surface area contributed by atoms with E-state index in [4.69, 9.17) is 0 Å². The molecule has 0 fully saturated rings. The summed E-state index contributed by atoms with van der Waals surface area (Å²) in [4.78, 5) is 0. The number of para-hydroxylation sites is 3. The molecule has 11 rings (SSSR count). The van der Waals surface area contributed by atoms with E-state index in [1.165, 1.54) is 99.1 Å². The van der Waals surface area contributed by atoms with Gasteiger partial charge >= 0.3 is 0 Å². The SMILES string of the molecule is CC1(C)c2ccccc2-c2c1cc(-n1c3ccccc3c3cc(-c4ccc5c(c4)c4ccccc4n5-c4ccccc4)ccc31)c1ccccc21. The van der Waals surface area contributed by atoms with Crippen LogP contribution in [0.15, 0.2) is 170 Å². The zero-order chi connectivity index (χ0) is 33.8. The highest BCUT2D eigenvalue weighted by atomic mass is 15.0. The van der Waals surface area contributed by atoms with Crippen LogP contribution in [0.25, 0.3) is 88.0 Å². The van der Waals surface area contributed by atoms with Gasteiger partial charge in [0.25, 0.3) is 0 Å². The highest BCUT2D eigenvalue weighted by Gasteiger charge is 2.37. The lowest BCUT2D eigenvalue weighted by Crippen LogP contribution is -2.15. The van der Waals surface area contributed by atoms with Gasteiger partial charge in [-0.1, -0.05) is 129 Å². The molecule has 2 aromatic heterocycles. The summed E-state index contributed by atoms with van der Waals surface area (Å²) in [5.41, 5.74) is 15.2. The molecule has 51 heavy (non-hydrogen) atoms. The minimum Gasteiger partial charge on any atom is -0.309 e. The van der Waals surface area contributed by atoms with Gasteiger partial charge in [0.05, 0.1) is 27.8 Å². The molecule has 0 N–H and O–H groups in total. The Kier molecular flexibility index (Phi) is 5.76. The van der Waals surface area contributed by atoms with Gasteiger partial charge < -0.3 is 9.13 Å². The molecule has 2 heterocycles. The standard InChI is InChI=1S/C49H34N2/c1-49(2)41-21-11-8-20-38(41)48-37-19-7-6-16-34(37)47(30-42(48)49)51-44-23-13-10-18-36(44)40-29-32(25-27-46(40)51)31-24-26-45-39(28-31)35-17-9-12-22-43(35)50(45)33-14-4-3-5-15-33/h3-30H,1-2H3. The molecular formula is C49H34N2. The van der Waals surface area contributed by atoms with E-state index in [-0.39, 0.29) is 5.41 Å². The van der Waals surface area contributed by atoms with Gasteiger partial charge in [-0.25, -0.2) is 0 Å². The normalized spacial score (nSPS) is 13.5. The second kappa shape index (κ2) is 10.3. The lowest BCUT2D eigenvalue weighted by Gasteiger charge is -2.23. The number of hydrogen-bond acceptors (Lipinski definition) is 0. The largest absolute Gasteiger partial charge is 0.309 e. The second-order valence-electron chi connectivity index (χ2n) is 14.5. The Hall–Kier alpha value is -6.38. The molecule has 0 unspecified atom stereocenters. The van der Waals surface area contributed by atoms with Crippen molar-refractivity contribution in [2.24, 2.45) is 0 Å². The van der Waals surface area contributed by atoms with Crippen LogP contribution in [0.4, 0.5) is 0 Å². The quantitative estimate of drug-likeness (QED) is 0.180. The van der Waals surface area contributed by atoms with Crippen molar-refractivity contribution in [2.75, 3.05) is 0 Å². The molecule has 0 amide bonds. The first kappa shape index (κ1) is 28.5. The van der Waals surface area contributed by atoms with Crippen LogP contribution in [0.1, 0.15) is 25.0 Å². The molecule has 10 aromatic rings. The van der Waals surface area contributed by atoms with Gasteiger partial charge in [-0.05, 0) is 93.4 Å². The number of hydrogen-bond donors (Lipinski definition) is 0. The van der Waals surface area contributed by atoms with Gasteiger partial charge in [-0.15, -0.1) is 0 Å². The summed E-state index contributed by atoms with van der Waals surface area (Å²) in [5, 5.41) is 7.65. The van der Waals surface area contributed by atoms with Gasteiger partial charge in [0, 0.05) is 38.0 Å². The number of fused-ring (bicyclic) bond motifs is 11. The third kappa shape index (κ3) is 3.88. The Morgan fingerprint density at radius 2 is 0.882 bits per heavy atom. The van der Waals surface area contributed by atoms with Crippen LogP contribution < -0.4 is 0 Å². The van der Waals surface area contributed by atoms with Crippen molar-refractivity contribution in [3.05, 3.63) is 181 Å². The molecule has 0 radical (unpaired) electrons. The number of rotatable bonds is 3. The fraction of sp³-hybridized carbons (Fsp3) is 0.0612. The Balaban J connectivity index is 1.14. The molecule has 0 bridgehead atoms. The Morgan fingerprint density at radius 1 is 0.373 bits per heavy atom. The van der Waals surface area contributed by atoms with E-state index in [1.807, 2.05) is 0 Å². The average Bonchev–Trinajstić information content (AvgIpc) is 3.77. The lowest BCUT2D eigenvalue weighted by atomic mass is 9.81. The van der Waals surface area contributed by atoms with Crippen LogP contribution in [0.5, 0.6) is 0 Å². The maximum Gasteiger partial charge on any atom is 0.0544 e. The minimum atomic E-state index is -0.0983. The first-order valence-corrected chi connectivity index (χ1v) is 17.9. The Morgan fingerprint density at radius 3 is 1.57 bits per heavy atom. The summed E-state index contributed by atoms with van der Waals surface area (Å²) in [6.45, 7) is 4.75. The summed E-state index contributed by atoms with van der Waals surface area (Å²) in [7, 11) is 0. The highest BCUT2D eigenvalue weighted by molar-refractivity contribution is 6.14. The number of aromatic nitrogens is 2. The van der Waals surface area contributed by atoms with Crippen LogP contribution >= 0.6 is 0 Å². The van der Waals surface area contributed by atoms with Gasteiger partial charge in [-0.2, -0.15) is 0 Å². The molecule has 2 heteroatoms. The van der Waals surface area contributed by atoms with E-state index in [2.05, 4.69) is 193 Å². The molecule has 0 spiro atoms. The van der Waals surface area contributed by atoms with Crippen molar-refractivity contribution in [3.63, 3.8) is 0 Å². The predicted molar refractivity (Wildman–Crippen MR) is 216 cm³/mol. The maximum atomic E-state index is 2.51. The molecule has 0 saturated carbocycles. The maximum absolute atomic E-state index is 2.51. The highest BCUT2D eigenvalue weighted by Crippen LogP contribution is 2.53. The number of benzene rings is 8. The monoisotopic (exact) mass is 650 g/mol. The molecule has 8 aromatic carbocycles. The fourth-order valence-corrected chi connectivity index (χ4v) is 9.14. The summed E-state index contributed by atoms with van der Waals surface area (Å²) in [6.07, 6.45) is 0. The predicted octanol–water partition coefficient (Wildman–Crippen LogP) is 13.0. The van der Waals surface area contributed by atoms with E-state index < -0.39 is 0 Å². The van der Waals surface area contributed by atoms with Crippen LogP contribution in [-0.2, 0) is 5.41 Å². The number of nitrogens with zero attached hydrogens (tertiary/aromatic N) is 2. The fourth-order valence-electron chi connectivity index (χ4n) is 9.14. The molecule has 2 nitrogen and oxygen atoms in total. The van der Waals surface area contributed by atoms with E-state index in [1.54, 1.807) is 0 Å². The van der Waals surface area contributed by atoms with E-state index in [0.29, 0.717) is 0 Å². The Labute approximate surface area is 296 Å². The van der Waals surface area contributed by atoms with E-state index >= 15 is 0 Å². The molecule has 1 aliphatic rings. The smallest absolute Gasteiger partial charge is 0.0544 e. The van der Waals surface area contributed by atoms with Crippen molar-refractivity contribution in [2.45, 2.75) is 19.3 Å². The topological polar surface area (TPSA) is 9.86 Å². The van der Waals surface area contributed by atoms with Crippen molar-refractivity contribution >= 4 is 54.4 Å². The van der Waals surface area contributed by atoms with E-state index in [9.17, 15) is 0 Å². The van der Waals surface area contributed by atoms with Gasteiger partial charge in [-0.3, -0.25) is 0 Å². The van der Waals surface area contributed by atoms with Gasteiger partial charge in [0.2, 0.25) is 0 Å².